The maximum Gasteiger partial charge on any atom is 0.328 e. The Morgan fingerprint density at radius 2 is 2.21 bits per heavy atom. The second-order valence-electron chi connectivity index (χ2n) is 3.26. The van der Waals surface area contributed by atoms with Crippen molar-refractivity contribution in [2.24, 2.45) is 0 Å². The summed E-state index contributed by atoms with van der Waals surface area (Å²) in [7, 11) is 0. The van der Waals surface area contributed by atoms with Crippen molar-refractivity contribution in [2.75, 3.05) is 5.75 Å². The number of hydrogen-bond donors (Lipinski definition) is 2. The Morgan fingerprint density at radius 3 is 2.71 bits per heavy atom. The van der Waals surface area contributed by atoms with E-state index in [4.69, 9.17) is 5.11 Å². The van der Waals surface area contributed by atoms with Gasteiger partial charge in [0.05, 0.1) is 0 Å². The molecule has 0 aromatic carbocycles. The lowest BCUT2D eigenvalue weighted by Crippen LogP contribution is -2.33. The summed E-state index contributed by atoms with van der Waals surface area (Å²) < 4.78 is 0. The summed E-state index contributed by atoms with van der Waals surface area (Å²) in [5.41, 5.74) is 0. The number of amides is 1. The average Bonchev–Trinajstić information content (AvgIpc) is 2.48. The van der Waals surface area contributed by atoms with E-state index >= 15 is 0 Å². The summed E-state index contributed by atoms with van der Waals surface area (Å²) in [5, 5.41) is 11.6. The molecule has 0 bridgehead atoms. The second kappa shape index (κ2) is 5.05. The number of nitrogens with one attached hydrogen (secondary N) is 1. The van der Waals surface area contributed by atoms with Gasteiger partial charge in [-0.3, -0.25) is 4.79 Å². The van der Waals surface area contributed by atoms with Crippen LogP contribution >= 0.6 is 11.8 Å². The van der Waals surface area contributed by atoms with Crippen LogP contribution in [0.5, 0.6) is 0 Å². The van der Waals surface area contributed by atoms with Gasteiger partial charge in [-0.1, -0.05) is 6.92 Å². The molecule has 0 saturated carbocycles. The van der Waals surface area contributed by atoms with Crippen LogP contribution in [0.1, 0.15) is 13.3 Å². The van der Waals surface area contributed by atoms with E-state index in [1.807, 2.05) is 11.8 Å². The van der Waals surface area contributed by atoms with Gasteiger partial charge >= 0.3 is 5.97 Å². The topological polar surface area (TPSA) is 66.4 Å². The monoisotopic (exact) mass is 215 g/mol. The van der Waals surface area contributed by atoms with Crippen LogP contribution in [0.4, 0.5) is 0 Å². The van der Waals surface area contributed by atoms with E-state index in [2.05, 4.69) is 12.2 Å². The Labute approximate surface area is 86.8 Å². The average molecular weight is 215 g/mol. The molecule has 1 saturated heterocycles. The lowest BCUT2D eigenvalue weighted by molar-refractivity contribution is -0.131. The Bertz CT molecular complexity index is 265. The molecule has 14 heavy (non-hydrogen) atoms. The van der Waals surface area contributed by atoms with Crippen LogP contribution in [-0.2, 0) is 9.59 Å². The molecular formula is C9H13NO3S. The van der Waals surface area contributed by atoms with Gasteiger partial charge in [0, 0.05) is 29.2 Å². The molecule has 1 amide bonds. The van der Waals surface area contributed by atoms with Gasteiger partial charge in [-0.15, -0.1) is 0 Å². The molecule has 2 atom stereocenters. The maximum absolute atomic E-state index is 11.1. The lowest BCUT2D eigenvalue weighted by Gasteiger charge is -2.08. The molecule has 1 aliphatic heterocycles. The number of carboxylic acids is 1. The van der Waals surface area contributed by atoms with Crippen LogP contribution in [0.3, 0.4) is 0 Å². The molecule has 0 spiro atoms. The minimum Gasteiger partial charge on any atom is -0.478 e. The molecule has 2 unspecified atom stereocenters. The molecule has 2 N–H and O–H groups in total. The van der Waals surface area contributed by atoms with Crippen molar-refractivity contribution < 1.29 is 14.7 Å². The number of aliphatic carboxylic acids is 1. The van der Waals surface area contributed by atoms with Gasteiger partial charge in [0.2, 0.25) is 5.91 Å². The SMILES string of the molecule is CC1CC(NC(=O)/C=C/C(=O)O)CS1. The number of carbonyl (C=O) groups excluding carboxylic acids is 1. The molecule has 5 heteroatoms. The van der Waals surface area contributed by atoms with Crippen molar-refractivity contribution in [3.8, 4) is 0 Å². The zero-order valence-electron chi connectivity index (χ0n) is 7.90. The highest BCUT2D eigenvalue weighted by atomic mass is 32.2. The molecular weight excluding hydrogens is 202 g/mol. The first-order chi connectivity index (χ1) is 6.58. The number of rotatable bonds is 3. The van der Waals surface area contributed by atoms with Crippen LogP contribution in [0.15, 0.2) is 12.2 Å². The van der Waals surface area contributed by atoms with Crippen LogP contribution in [0.2, 0.25) is 0 Å². The maximum atomic E-state index is 11.1. The summed E-state index contributed by atoms with van der Waals surface area (Å²) in [6.07, 6.45) is 2.86. The van der Waals surface area contributed by atoms with E-state index < -0.39 is 5.97 Å². The van der Waals surface area contributed by atoms with Crippen LogP contribution < -0.4 is 5.32 Å². The normalized spacial score (nSPS) is 26.6. The van der Waals surface area contributed by atoms with Gasteiger partial charge in [0.15, 0.2) is 0 Å². The molecule has 1 heterocycles. The van der Waals surface area contributed by atoms with Crippen LogP contribution in [0, 0.1) is 0 Å². The highest BCUT2D eigenvalue weighted by Gasteiger charge is 2.22. The molecule has 0 aromatic rings. The smallest absolute Gasteiger partial charge is 0.328 e. The molecule has 1 fully saturated rings. The predicted octanol–water partition coefficient (Wildman–Crippen LogP) is 0.637. The number of hydrogen-bond acceptors (Lipinski definition) is 3. The van der Waals surface area contributed by atoms with Crippen molar-refractivity contribution in [3.63, 3.8) is 0 Å². The third-order valence-electron chi connectivity index (χ3n) is 1.92. The van der Waals surface area contributed by atoms with Gasteiger partial charge in [-0.05, 0) is 6.42 Å². The molecule has 1 rings (SSSR count). The molecule has 0 aliphatic carbocycles. The highest BCUT2D eigenvalue weighted by molar-refractivity contribution is 8.00. The molecule has 78 valence electrons. The van der Waals surface area contributed by atoms with Crippen molar-refractivity contribution in [1.29, 1.82) is 0 Å². The summed E-state index contributed by atoms with van der Waals surface area (Å²) in [5.74, 6) is -0.519. The Morgan fingerprint density at radius 1 is 1.50 bits per heavy atom. The Kier molecular flexibility index (Phi) is 4.00. The third kappa shape index (κ3) is 3.83. The Hall–Kier alpha value is -0.970. The molecule has 0 radical (unpaired) electrons. The van der Waals surface area contributed by atoms with Gasteiger partial charge < -0.3 is 10.4 Å². The summed E-state index contributed by atoms with van der Waals surface area (Å²) >= 11 is 1.82. The van der Waals surface area contributed by atoms with E-state index in [9.17, 15) is 9.59 Å². The van der Waals surface area contributed by atoms with Gasteiger partial charge in [0.25, 0.3) is 0 Å². The second-order valence-corrected chi connectivity index (χ2v) is 4.73. The van der Waals surface area contributed by atoms with Crippen molar-refractivity contribution in [3.05, 3.63) is 12.2 Å². The highest BCUT2D eigenvalue weighted by Crippen LogP contribution is 2.25. The van der Waals surface area contributed by atoms with E-state index in [1.165, 1.54) is 0 Å². The van der Waals surface area contributed by atoms with E-state index in [-0.39, 0.29) is 11.9 Å². The van der Waals surface area contributed by atoms with Crippen LogP contribution in [0.25, 0.3) is 0 Å². The molecule has 4 nitrogen and oxygen atoms in total. The third-order valence-corrected chi connectivity index (χ3v) is 3.28. The van der Waals surface area contributed by atoms with E-state index in [1.54, 1.807) is 0 Å². The van der Waals surface area contributed by atoms with Crippen LogP contribution in [-0.4, -0.2) is 34.0 Å². The fraction of sp³-hybridized carbons (Fsp3) is 0.556. The zero-order chi connectivity index (χ0) is 10.6. The molecule has 0 aromatic heterocycles. The summed E-state index contributed by atoms with van der Waals surface area (Å²) in [6.45, 7) is 2.11. The van der Waals surface area contributed by atoms with Crippen molar-refractivity contribution in [2.45, 2.75) is 24.6 Å². The number of carbonyl (C=O) groups is 2. The number of carboxylic acid groups (broad SMARTS) is 1. The van der Waals surface area contributed by atoms with Crippen molar-refractivity contribution in [1.82, 2.24) is 5.32 Å². The predicted molar refractivity (Wildman–Crippen MR) is 55.2 cm³/mol. The number of thioether (sulfide) groups is 1. The first-order valence-electron chi connectivity index (χ1n) is 4.41. The zero-order valence-corrected chi connectivity index (χ0v) is 8.71. The van der Waals surface area contributed by atoms with Gasteiger partial charge in [-0.2, -0.15) is 11.8 Å². The fourth-order valence-corrected chi connectivity index (χ4v) is 2.46. The van der Waals surface area contributed by atoms with Gasteiger partial charge in [-0.25, -0.2) is 4.79 Å². The summed E-state index contributed by atoms with van der Waals surface area (Å²) in [6, 6.07) is 0.181. The van der Waals surface area contributed by atoms with Crippen molar-refractivity contribution >= 4 is 23.6 Å². The van der Waals surface area contributed by atoms with E-state index in [0.717, 1.165) is 24.3 Å². The standard InChI is InChI=1S/C9H13NO3S/c1-6-4-7(5-14-6)10-8(11)2-3-9(12)13/h2-3,6-7H,4-5H2,1H3,(H,10,11)(H,12,13)/b3-2+. The minimum absolute atomic E-state index is 0.181. The minimum atomic E-state index is -1.10. The Balaban J connectivity index is 2.30. The largest absolute Gasteiger partial charge is 0.478 e. The van der Waals surface area contributed by atoms with E-state index in [0.29, 0.717) is 5.25 Å². The lowest BCUT2D eigenvalue weighted by atomic mass is 10.2. The first kappa shape index (κ1) is 11.1. The molecule has 1 aliphatic rings. The van der Waals surface area contributed by atoms with Gasteiger partial charge in [0.1, 0.15) is 0 Å². The summed E-state index contributed by atoms with van der Waals surface area (Å²) in [4.78, 5) is 21.3. The first-order valence-corrected chi connectivity index (χ1v) is 5.46. The fourth-order valence-electron chi connectivity index (χ4n) is 1.31. The quantitative estimate of drug-likeness (QED) is 0.678.